The van der Waals surface area contributed by atoms with E-state index in [4.69, 9.17) is 0 Å². The Balaban J connectivity index is 1.50. The molecule has 222 valence electrons. The highest BCUT2D eigenvalue weighted by atomic mass is 32.2. The molecule has 1 aromatic heterocycles. The maximum atomic E-state index is 13.8. The van der Waals surface area contributed by atoms with Gasteiger partial charge in [0.25, 0.3) is 10.0 Å². The number of halogens is 1. The van der Waals surface area contributed by atoms with Crippen LogP contribution in [-0.2, 0) is 30.3 Å². The van der Waals surface area contributed by atoms with Crippen LogP contribution < -0.4 is 4.90 Å². The molecule has 0 unspecified atom stereocenters. The first-order valence-corrected chi connectivity index (χ1v) is 16.2. The Morgan fingerprint density at radius 1 is 0.833 bits per heavy atom. The number of carbonyl (C=O) groups excluding carboxylic acids is 1. The fourth-order valence-corrected chi connectivity index (χ4v) is 7.64. The number of fused-ring (bicyclic) bond motifs is 1. The Morgan fingerprint density at radius 3 is 1.98 bits per heavy atom. The zero-order valence-corrected chi connectivity index (χ0v) is 25.4. The van der Waals surface area contributed by atoms with Gasteiger partial charge in [-0.25, -0.2) is 17.1 Å². The van der Waals surface area contributed by atoms with Crippen LogP contribution in [-0.4, -0.2) is 82.4 Å². The van der Waals surface area contributed by atoms with Gasteiger partial charge >= 0.3 is 0 Å². The van der Waals surface area contributed by atoms with Crippen LogP contribution in [0.15, 0.2) is 82.6 Å². The molecule has 0 saturated carbocycles. The number of benzene rings is 3. The second-order valence-corrected chi connectivity index (χ2v) is 14.6. The highest BCUT2D eigenvalue weighted by Gasteiger charge is 2.44. The number of hydrogen-bond acceptors (Lipinski definition) is 7. The zero-order valence-electron chi connectivity index (χ0n) is 23.7. The molecular weight excluding hydrogens is 581 g/mol. The summed E-state index contributed by atoms with van der Waals surface area (Å²) in [6.07, 6.45) is 0.844. The van der Waals surface area contributed by atoms with Gasteiger partial charge in [-0.2, -0.15) is 12.5 Å². The third kappa shape index (κ3) is 4.95. The second kappa shape index (κ2) is 10.8. The van der Waals surface area contributed by atoms with Gasteiger partial charge in [-0.1, -0.05) is 24.3 Å². The zero-order chi connectivity index (χ0) is 30.4. The Labute approximate surface area is 245 Å². The molecule has 1 aliphatic heterocycles. The number of sulfonamides is 1. The Kier molecular flexibility index (Phi) is 7.62. The third-order valence-corrected chi connectivity index (χ3v) is 11.2. The first-order valence-electron chi connectivity index (χ1n) is 13.3. The lowest BCUT2D eigenvalue weighted by atomic mass is 9.71. The van der Waals surface area contributed by atoms with Gasteiger partial charge in [-0.3, -0.25) is 4.79 Å². The van der Waals surface area contributed by atoms with Crippen LogP contribution in [0.5, 0.6) is 0 Å². The molecule has 1 aliphatic rings. The van der Waals surface area contributed by atoms with Crippen LogP contribution in [0.2, 0.25) is 0 Å². The summed E-state index contributed by atoms with van der Waals surface area (Å²) in [5.41, 5.74) is 0.254. The molecule has 0 radical (unpaired) electrons. The minimum Gasteiger partial charge on any atom is -0.355 e. The fraction of sp³-hybridized carbons (Fsp3) is 0.310. The molecule has 0 bridgehead atoms. The number of hydrogen-bond donors (Lipinski definition) is 0. The predicted octanol–water partition coefficient (Wildman–Crippen LogP) is 3.29. The molecule has 2 heterocycles. The number of aromatic nitrogens is 2. The van der Waals surface area contributed by atoms with Gasteiger partial charge in [0.15, 0.2) is 5.82 Å². The number of piperidine rings is 1. The summed E-state index contributed by atoms with van der Waals surface area (Å²) in [6.45, 7) is 0.824. The number of rotatable bonds is 7. The summed E-state index contributed by atoms with van der Waals surface area (Å²) >= 11 is 0. The second-order valence-electron chi connectivity index (χ2n) is 10.7. The van der Waals surface area contributed by atoms with E-state index in [0.717, 1.165) is 14.0 Å². The molecule has 0 N–H and O–H groups in total. The Morgan fingerprint density at radius 2 is 1.40 bits per heavy atom. The van der Waals surface area contributed by atoms with Crippen molar-refractivity contribution in [3.05, 3.63) is 84.2 Å². The maximum absolute atomic E-state index is 13.8. The van der Waals surface area contributed by atoms with E-state index in [2.05, 4.69) is 5.10 Å². The van der Waals surface area contributed by atoms with E-state index >= 15 is 0 Å². The van der Waals surface area contributed by atoms with Gasteiger partial charge < -0.3 is 9.80 Å². The quantitative estimate of drug-likeness (QED) is 0.314. The van der Waals surface area contributed by atoms with E-state index in [-0.39, 0.29) is 21.5 Å². The molecule has 3 aromatic carbocycles. The summed E-state index contributed by atoms with van der Waals surface area (Å²) in [5.74, 6) is 0.00765. The van der Waals surface area contributed by atoms with Crippen molar-refractivity contribution in [2.75, 3.05) is 46.2 Å². The minimum atomic E-state index is -4.19. The van der Waals surface area contributed by atoms with Crippen molar-refractivity contribution >= 4 is 42.7 Å². The smallest absolute Gasteiger partial charge is 0.283 e. The SMILES string of the molecule is CN(C)C(=O)C1(c2ccc(F)cc2)CCN(c2nn(S(=O)(=O)c3ccc(S(=O)(=O)N(C)C)cc3)c3ccccc23)CC1. The molecule has 0 aliphatic carbocycles. The van der Waals surface area contributed by atoms with Crippen LogP contribution in [0, 0.1) is 5.82 Å². The average Bonchev–Trinajstić information content (AvgIpc) is 3.38. The van der Waals surface area contributed by atoms with Gasteiger partial charge in [-0.15, -0.1) is 5.10 Å². The lowest BCUT2D eigenvalue weighted by Gasteiger charge is -2.42. The lowest BCUT2D eigenvalue weighted by molar-refractivity contribution is -0.135. The summed E-state index contributed by atoms with van der Waals surface area (Å²) in [4.78, 5) is 16.8. The molecular formula is C29H32FN5O5S2. The molecule has 1 saturated heterocycles. The molecule has 0 atom stereocenters. The van der Waals surface area contributed by atoms with Crippen molar-refractivity contribution in [2.24, 2.45) is 0 Å². The first-order chi connectivity index (χ1) is 19.8. The maximum Gasteiger partial charge on any atom is 0.283 e. The van der Waals surface area contributed by atoms with E-state index < -0.39 is 25.5 Å². The van der Waals surface area contributed by atoms with Crippen molar-refractivity contribution in [3.8, 4) is 0 Å². The Hall–Kier alpha value is -3.81. The van der Waals surface area contributed by atoms with Crippen LogP contribution in [0.1, 0.15) is 18.4 Å². The van der Waals surface area contributed by atoms with Crippen molar-refractivity contribution in [2.45, 2.75) is 28.0 Å². The largest absolute Gasteiger partial charge is 0.355 e. The van der Waals surface area contributed by atoms with Gasteiger partial charge in [0.05, 0.1) is 20.7 Å². The van der Waals surface area contributed by atoms with Crippen LogP contribution in [0.4, 0.5) is 10.2 Å². The molecule has 1 amide bonds. The van der Waals surface area contributed by atoms with Gasteiger partial charge in [-0.05, 0) is 66.9 Å². The molecule has 4 aromatic rings. The highest BCUT2D eigenvalue weighted by molar-refractivity contribution is 7.90. The van der Waals surface area contributed by atoms with Crippen LogP contribution in [0.3, 0.4) is 0 Å². The monoisotopic (exact) mass is 613 g/mol. The number of para-hydroxylation sites is 1. The number of likely N-dealkylation sites (N-methyl/N-ethyl adjacent to an activating group) is 1. The average molecular weight is 614 g/mol. The number of anilines is 1. The summed E-state index contributed by atoms with van der Waals surface area (Å²) in [6, 6.07) is 18.0. The lowest BCUT2D eigenvalue weighted by Crippen LogP contribution is -2.51. The van der Waals surface area contributed by atoms with E-state index in [1.54, 1.807) is 55.4 Å². The van der Waals surface area contributed by atoms with E-state index in [1.807, 2.05) is 4.90 Å². The normalized spacial score (nSPS) is 15.7. The summed E-state index contributed by atoms with van der Waals surface area (Å²) in [5, 5.41) is 5.18. The van der Waals surface area contributed by atoms with Crippen molar-refractivity contribution in [1.82, 2.24) is 18.4 Å². The van der Waals surface area contributed by atoms with Crippen molar-refractivity contribution in [1.29, 1.82) is 0 Å². The minimum absolute atomic E-state index is 0.0253. The van der Waals surface area contributed by atoms with Crippen molar-refractivity contribution < 1.29 is 26.0 Å². The first kappa shape index (κ1) is 29.7. The topological polar surface area (TPSA) is 113 Å². The Bertz CT molecular complexity index is 1840. The molecule has 0 spiro atoms. The number of carbonyl (C=O) groups is 1. The molecule has 1 fully saturated rings. The highest BCUT2D eigenvalue weighted by Crippen LogP contribution is 2.40. The number of nitrogens with zero attached hydrogens (tertiary/aromatic N) is 5. The van der Waals surface area contributed by atoms with E-state index in [0.29, 0.717) is 42.7 Å². The van der Waals surface area contributed by atoms with Gasteiger partial charge in [0.1, 0.15) is 5.82 Å². The van der Waals surface area contributed by atoms with E-state index in [1.165, 1.54) is 50.5 Å². The van der Waals surface area contributed by atoms with Gasteiger partial charge in [0, 0.05) is 46.7 Å². The molecule has 42 heavy (non-hydrogen) atoms. The van der Waals surface area contributed by atoms with E-state index in [9.17, 15) is 26.0 Å². The fourth-order valence-electron chi connectivity index (χ4n) is 5.46. The molecule has 10 nitrogen and oxygen atoms in total. The number of amides is 1. The standard InChI is InChI=1S/C29H32FN5O5S2/c1-32(2)28(36)29(21-9-11-22(30)12-10-21)17-19-34(20-18-29)27-25-7-5-6-8-26(25)35(31-27)42(39,40)24-15-13-23(14-16-24)41(37,38)33(3)4/h5-16H,17-20H2,1-4H3. The third-order valence-electron chi connectivity index (χ3n) is 7.79. The molecule has 13 heteroatoms. The van der Waals surface area contributed by atoms with Crippen LogP contribution >= 0.6 is 0 Å². The van der Waals surface area contributed by atoms with Crippen LogP contribution in [0.25, 0.3) is 10.9 Å². The summed E-state index contributed by atoms with van der Waals surface area (Å²) < 4.78 is 68.2. The predicted molar refractivity (Wildman–Crippen MR) is 158 cm³/mol. The summed E-state index contributed by atoms with van der Waals surface area (Å²) in [7, 11) is -1.72. The van der Waals surface area contributed by atoms with Gasteiger partial charge in [0.2, 0.25) is 15.9 Å². The molecule has 5 rings (SSSR count). The van der Waals surface area contributed by atoms with Crippen molar-refractivity contribution in [3.63, 3.8) is 0 Å².